The molecule has 0 heterocycles. The van der Waals surface area contributed by atoms with E-state index in [2.05, 4.69) is 34.8 Å². The molecular weight excluding hydrogens is 293 g/mol. The minimum Gasteiger partial charge on any atom is -0.299 e. The zero-order chi connectivity index (χ0) is 13.1. The van der Waals surface area contributed by atoms with Gasteiger partial charge in [-0.25, -0.2) is 4.39 Å². The van der Waals surface area contributed by atoms with Crippen LogP contribution in [0.1, 0.15) is 38.2 Å². The van der Waals surface area contributed by atoms with E-state index in [1.807, 2.05) is 6.07 Å². The lowest BCUT2D eigenvalue weighted by Gasteiger charge is -2.34. The van der Waals surface area contributed by atoms with Gasteiger partial charge in [-0.1, -0.05) is 35.7 Å². The van der Waals surface area contributed by atoms with Crippen molar-refractivity contribution in [2.75, 3.05) is 7.05 Å². The minimum atomic E-state index is -0.162. The summed E-state index contributed by atoms with van der Waals surface area (Å²) in [5.41, 5.74) is 1.04. The Kier molecular flexibility index (Phi) is 4.79. The van der Waals surface area contributed by atoms with Crippen molar-refractivity contribution in [1.82, 2.24) is 4.90 Å². The molecule has 0 radical (unpaired) electrons. The smallest absolute Gasteiger partial charge is 0.124 e. The lowest BCUT2D eigenvalue weighted by Crippen LogP contribution is -2.35. The van der Waals surface area contributed by atoms with Gasteiger partial charge in [0.15, 0.2) is 0 Å². The second-order valence-electron chi connectivity index (χ2n) is 5.62. The van der Waals surface area contributed by atoms with Gasteiger partial charge >= 0.3 is 0 Å². The molecule has 1 saturated carbocycles. The van der Waals surface area contributed by atoms with Gasteiger partial charge in [0, 0.05) is 17.1 Å². The van der Waals surface area contributed by atoms with Crippen LogP contribution in [-0.4, -0.2) is 18.0 Å². The third-order valence-corrected chi connectivity index (χ3v) is 4.34. The van der Waals surface area contributed by atoms with Crippen molar-refractivity contribution in [2.45, 2.75) is 45.2 Å². The number of rotatable bonds is 3. The molecule has 0 aliphatic heterocycles. The Hall–Kier alpha value is -0.410. The lowest BCUT2D eigenvalue weighted by molar-refractivity contribution is 0.157. The number of nitrogens with zero attached hydrogens (tertiary/aromatic N) is 1. The maximum Gasteiger partial charge on any atom is 0.124 e. The van der Waals surface area contributed by atoms with Crippen molar-refractivity contribution >= 4 is 15.9 Å². The molecule has 1 nitrogen and oxygen atoms in total. The molecule has 1 aromatic carbocycles. The molecule has 1 aromatic rings. The van der Waals surface area contributed by atoms with E-state index in [0.29, 0.717) is 6.04 Å². The van der Waals surface area contributed by atoms with Gasteiger partial charge in [0.05, 0.1) is 0 Å². The first kappa shape index (κ1) is 14.0. The normalized spacial score (nSPS) is 24.5. The SMILES string of the molecule is CC1CCCC(N(C)Cc2cc(F)cc(Br)c2)C1. The Morgan fingerprint density at radius 2 is 2.11 bits per heavy atom. The fourth-order valence-electron chi connectivity index (χ4n) is 2.92. The predicted octanol–water partition coefficient (Wildman–Crippen LogP) is 4.60. The molecule has 3 heteroatoms. The Bertz CT molecular complexity index is 387. The van der Waals surface area contributed by atoms with Crippen LogP contribution in [0.15, 0.2) is 22.7 Å². The zero-order valence-electron chi connectivity index (χ0n) is 11.1. The average Bonchev–Trinajstić information content (AvgIpc) is 2.27. The molecule has 0 spiro atoms. The van der Waals surface area contributed by atoms with E-state index in [1.165, 1.54) is 31.7 Å². The third kappa shape index (κ3) is 3.79. The Balaban J connectivity index is 1.99. The van der Waals surface area contributed by atoms with Crippen LogP contribution in [0.25, 0.3) is 0 Å². The molecule has 2 unspecified atom stereocenters. The van der Waals surface area contributed by atoms with E-state index in [1.54, 1.807) is 6.07 Å². The second kappa shape index (κ2) is 6.16. The first-order valence-corrected chi connectivity index (χ1v) is 7.49. The van der Waals surface area contributed by atoms with Crippen molar-refractivity contribution in [3.63, 3.8) is 0 Å². The molecular formula is C15H21BrFN. The molecule has 18 heavy (non-hydrogen) atoms. The maximum absolute atomic E-state index is 13.3. The fraction of sp³-hybridized carbons (Fsp3) is 0.600. The number of hydrogen-bond acceptors (Lipinski definition) is 1. The van der Waals surface area contributed by atoms with Crippen molar-refractivity contribution < 1.29 is 4.39 Å². The van der Waals surface area contributed by atoms with Gasteiger partial charge in [-0.15, -0.1) is 0 Å². The van der Waals surface area contributed by atoms with Crippen LogP contribution < -0.4 is 0 Å². The summed E-state index contributed by atoms with van der Waals surface area (Å²) >= 11 is 3.35. The van der Waals surface area contributed by atoms with E-state index < -0.39 is 0 Å². The van der Waals surface area contributed by atoms with Gasteiger partial charge in [0.25, 0.3) is 0 Å². The van der Waals surface area contributed by atoms with Gasteiger partial charge in [-0.2, -0.15) is 0 Å². The summed E-state index contributed by atoms with van der Waals surface area (Å²) in [6, 6.07) is 5.79. The van der Waals surface area contributed by atoms with Crippen LogP contribution in [0, 0.1) is 11.7 Å². The summed E-state index contributed by atoms with van der Waals surface area (Å²) in [7, 11) is 2.15. The molecule has 0 amide bonds. The second-order valence-corrected chi connectivity index (χ2v) is 6.53. The first-order valence-electron chi connectivity index (χ1n) is 6.70. The monoisotopic (exact) mass is 313 g/mol. The van der Waals surface area contributed by atoms with Crippen molar-refractivity contribution in [1.29, 1.82) is 0 Å². The Morgan fingerprint density at radius 3 is 2.78 bits per heavy atom. The van der Waals surface area contributed by atoms with E-state index in [0.717, 1.165) is 22.5 Å². The molecule has 100 valence electrons. The lowest BCUT2D eigenvalue weighted by atomic mass is 9.86. The van der Waals surface area contributed by atoms with Crippen LogP contribution in [0.3, 0.4) is 0 Å². The number of hydrogen-bond donors (Lipinski definition) is 0. The highest BCUT2D eigenvalue weighted by Crippen LogP contribution is 2.27. The molecule has 2 rings (SSSR count). The molecule has 1 aliphatic rings. The molecule has 0 bridgehead atoms. The van der Waals surface area contributed by atoms with E-state index >= 15 is 0 Å². The highest BCUT2D eigenvalue weighted by molar-refractivity contribution is 9.10. The number of halogens is 2. The Labute approximate surface area is 118 Å². The van der Waals surface area contributed by atoms with E-state index in [9.17, 15) is 4.39 Å². The Morgan fingerprint density at radius 1 is 1.33 bits per heavy atom. The molecule has 1 aliphatic carbocycles. The standard InChI is InChI=1S/C15H21BrFN/c1-11-4-3-5-15(6-11)18(2)10-12-7-13(16)9-14(17)8-12/h7-9,11,15H,3-6,10H2,1-2H3. The summed E-state index contributed by atoms with van der Waals surface area (Å²) < 4.78 is 14.2. The highest BCUT2D eigenvalue weighted by Gasteiger charge is 2.22. The topological polar surface area (TPSA) is 3.24 Å². The molecule has 0 aromatic heterocycles. The van der Waals surface area contributed by atoms with E-state index in [4.69, 9.17) is 0 Å². The third-order valence-electron chi connectivity index (χ3n) is 3.89. The van der Waals surface area contributed by atoms with Crippen LogP contribution in [0.2, 0.25) is 0 Å². The fourth-order valence-corrected chi connectivity index (χ4v) is 3.43. The number of benzene rings is 1. The van der Waals surface area contributed by atoms with Gasteiger partial charge < -0.3 is 0 Å². The van der Waals surface area contributed by atoms with Crippen molar-refractivity contribution in [3.05, 3.63) is 34.1 Å². The molecule has 1 fully saturated rings. The van der Waals surface area contributed by atoms with Crippen LogP contribution in [-0.2, 0) is 6.54 Å². The summed E-state index contributed by atoms with van der Waals surface area (Å²) in [5.74, 6) is 0.662. The molecule has 0 saturated heterocycles. The summed E-state index contributed by atoms with van der Waals surface area (Å²) in [4.78, 5) is 2.37. The largest absolute Gasteiger partial charge is 0.299 e. The van der Waals surface area contributed by atoms with Gasteiger partial charge in [0.1, 0.15) is 5.82 Å². The van der Waals surface area contributed by atoms with Crippen LogP contribution in [0.4, 0.5) is 4.39 Å². The summed E-state index contributed by atoms with van der Waals surface area (Å²) in [6.07, 6.45) is 5.23. The molecule has 2 atom stereocenters. The van der Waals surface area contributed by atoms with Gasteiger partial charge in [-0.05, 0) is 49.6 Å². The summed E-state index contributed by atoms with van der Waals surface area (Å²) in [6.45, 7) is 3.16. The van der Waals surface area contributed by atoms with Crippen LogP contribution >= 0.6 is 15.9 Å². The average molecular weight is 314 g/mol. The summed E-state index contributed by atoms with van der Waals surface area (Å²) in [5, 5.41) is 0. The first-order chi connectivity index (χ1) is 8.54. The maximum atomic E-state index is 13.3. The van der Waals surface area contributed by atoms with Crippen molar-refractivity contribution in [2.24, 2.45) is 5.92 Å². The van der Waals surface area contributed by atoms with Gasteiger partial charge in [0.2, 0.25) is 0 Å². The van der Waals surface area contributed by atoms with Crippen LogP contribution in [0.5, 0.6) is 0 Å². The van der Waals surface area contributed by atoms with Gasteiger partial charge in [-0.3, -0.25) is 4.90 Å². The highest BCUT2D eigenvalue weighted by atomic mass is 79.9. The zero-order valence-corrected chi connectivity index (χ0v) is 12.7. The van der Waals surface area contributed by atoms with Crippen molar-refractivity contribution in [3.8, 4) is 0 Å². The quantitative estimate of drug-likeness (QED) is 0.788. The minimum absolute atomic E-state index is 0.162. The van der Waals surface area contributed by atoms with E-state index in [-0.39, 0.29) is 5.82 Å². The molecule has 0 N–H and O–H groups in total. The predicted molar refractivity (Wildman–Crippen MR) is 77.0 cm³/mol.